The van der Waals surface area contributed by atoms with Crippen LogP contribution in [-0.4, -0.2) is 7.05 Å². The molecule has 18 heavy (non-hydrogen) atoms. The number of benzene rings is 1. The monoisotopic (exact) mass is 259 g/mol. The molecule has 0 aliphatic carbocycles. The van der Waals surface area contributed by atoms with Gasteiger partial charge in [0.1, 0.15) is 0 Å². The third kappa shape index (κ3) is 2.50. The fourth-order valence-corrected chi connectivity index (χ4v) is 3.45. The highest BCUT2D eigenvalue weighted by Crippen LogP contribution is 2.32. The first-order valence-corrected chi connectivity index (χ1v) is 7.16. The summed E-state index contributed by atoms with van der Waals surface area (Å²) in [5.41, 5.74) is 5.47. The first kappa shape index (κ1) is 13.3. The van der Waals surface area contributed by atoms with E-state index >= 15 is 0 Å². The number of aryl methyl sites for hydroxylation is 4. The van der Waals surface area contributed by atoms with E-state index in [0.717, 1.165) is 0 Å². The molecule has 0 saturated heterocycles. The highest BCUT2D eigenvalue weighted by atomic mass is 32.1. The van der Waals surface area contributed by atoms with Gasteiger partial charge in [-0.25, -0.2) is 0 Å². The van der Waals surface area contributed by atoms with Crippen molar-refractivity contribution in [2.45, 2.75) is 33.7 Å². The summed E-state index contributed by atoms with van der Waals surface area (Å²) in [5, 5.41) is 3.46. The molecule has 1 unspecified atom stereocenters. The van der Waals surface area contributed by atoms with Crippen LogP contribution >= 0.6 is 11.3 Å². The van der Waals surface area contributed by atoms with Gasteiger partial charge in [0, 0.05) is 9.75 Å². The maximum Gasteiger partial charge on any atom is 0.0587 e. The SMILES string of the molecule is CNC(c1cc(C)ccc1C)c1cc(C)sc1C. The molecule has 0 radical (unpaired) electrons. The molecular formula is C16H21NS. The largest absolute Gasteiger partial charge is 0.309 e. The van der Waals surface area contributed by atoms with Gasteiger partial charge in [-0.05, 0) is 57.5 Å². The molecule has 1 atom stereocenters. The lowest BCUT2D eigenvalue weighted by Gasteiger charge is -2.19. The van der Waals surface area contributed by atoms with Crippen LogP contribution in [0.1, 0.15) is 38.0 Å². The number of rotatable bonds is 3. The van der Waals surface area contributed by atoms with Crippen molar-refractivity contribution in [2.75, 3.05) is 7.05 Å². The van der Waals surface area contributed by atoms with Gasteiger partial charge in [0.25, 0.3) is 0 Å². The molecule has 1 heterocycles. The van der Waals surface area contributed by atoms with Crippen LogP contribution in [0.4, 0.5) is 0 Å². The smallest absolute Gasteiger partial charge is 0.0587 e. The van der Waals surface area contributed by atoms with E-state index < -0.39 is 0 Å². The van der Waals surface area contributed by atoms with Gasteiger partial charge in [-0.1, -0.05) is 23.8 Å². The van der Waals surface area contributed by atoms with Crippen LogP contribution < -0.4 is 5.32 Å². The third-order valence-corrected chi connectivity index (χ3v) is 4.41. The average molecular weight is 259 g/mol. The molecule has 1 N–H and O–H groups in total. The minimum absolute atomic E-state index is 0.301. The molecule has 0 aliphatic heterocycles. The van der Waals surface area contributed by atoms with Crippen molar-refractivity contribution in [2.24, 2.45) is 0 Å². The van der Waals surface area contributed by atoms with Crippen molar-refractivity contribution in [3.05, 3.63) is 56.3 Å². The molecule has 2 heteroatoms. The number of nitrogens with one attached hydrogen (secondary N) is 1. The Labute approximate surface area is 114 Å². The summed E-state index contributed by atoms with van der Waals surface area (Å²) in [4.78, 5) is 2.79. The third-order valence-electron chi connectivity index (χ3n) is 3.42. The zero-order valence-electron chi connectivity index (χ0n) is 11.8. The van der Waals surface area contributed by atoms with E-state index in [9.17, 15) is 0 Å². The number of hydrogen-bond acceptors (Lipinski definition) is 2. The second kappa shape index (κ2) is 5.25. The Bertz CT molecular complexity index is 554. The molecule has 0 spiro atoms. The van der Waals surface area contributed by atoms with Gasteiger partial charge >= 0.3 is 0 Å². The van der Waals surface area contributed by atoms with Gasteiger partial charge in [-0.15, -0.1) is 11.3 Å². The van der Waals surface area contributed by atoms with Crippen molar-refractivity contribution in [1.82, 2.24) is 5.32 Å². The molecule has 0 amide bonds. The number of thiophene rings is 1. The van der Waals surface area contributed by atoms with Crippen LogP contribution in [0, 0.1) is 27.7 Å². The first-order chi connectivity index (χ1) is 8.52. The molecule has 0 bridgehead atoms. The van der Waals surface area contributed by atoms with Crippen LogP contribution in [0.25, 0.3) is 0 Å². The second-order valence-electron chi connectivity index (χ2n) is 4.95. The van der Waals surface area contributed by atoms with E-state index in [1.54, 1.807) is 0 Å². The molecule has 0 fully saturated rings. The van der Waals surface area contributed by atoms with Gasteiger partial charge in [0.05, 0.1) is 6.04 Å². The van der Waals surface area contributed by atoms with Crippen molar-refractivity contribution >= 4 is 11.3 Å². The van der Waals surface area contributed by atoms with E-state index in [4.69, 9.17) is 0 Å². The molecule has 0 aliphatic rings. The molecule has 1 aromatic carbocycles. The molecule has 2 aromatic rings. The Morgan fingerprint density at radius 2 is 1.72 bits per heavy atom. The standard InChI is InChI=1S/C16H21NS/c1-10-6-7-11(2)14(8-10)16(17-5)15-9-12(3)18-13(15)4/h6-9,16-17H,1-5H3. The predicted molar refractivity (Wildman–Crippen MR) is 80.6 cm³/mol. The summed E-state index contributed by atoms with van der Waals surface area (Å²) < 4.78 is 0. The zero-order valence-corrected chi connectivity index (χ0v) is 12.6. The molecule has 0 saturated carbocycles. The highest BCUT2D eigenvalue weighted by Gasteiger charge is 2.18. The van der Waals surface area contributed by atoms with Crippen LogP contribution in [0.15, 0.2) is 24.3 Å². The lowest BCUT2D eigenvalue weighted by Crippen LogP contribution is -2.19. The molecule has 2 rings (SSSR count). The van der Waals surface area contributed by atoms with Crippen molar-refractivity contribution in [3.63, 3.8) is 0 Å². The molecular weight excluding hydrogens is 238 g/mol. The Balaban J connectivity index is 2.51. The van der Waals surface area contributed by atoms with Gasteiger partial charge in [0.15, 0.2) is 0 Å². The summed E-state index contributed by atoms with van der Waals surface area (Å²) in [6.07, 6.45) is 0. The lowest BCUT2D eigenvalue weighted by atomic mass is 9.94. The van der Waals surface area contributed by atoms with Crippen LogP contribution in [0.5, 0.6) is 0 Å². The summed E-state index contributed by atoms with van der Waals surface area (Å²) in [6.45, 7) is 8.73. The summed E-state index contributed by atoms with van der Waals surface area (Å²) in [6, 6.07) is 9.29. The predicted octanol–water partition coefficient (Wildman–Crippen LogP) is 4.29. The minimum Gasteiger partial charge on any atom is -0.309 e. The van der Waals surface area contributed by atoms with E-state index in [2.05, 4.69) is 57.3 Å². The van der Waals surface area contributed by atoms with Crippen molar-refractivity contribution in [1.29, 1.82) is 0 Å². The summed E-state index contributed by atoms with van der Waals surface area (Å²) in [5.74, 6) is 0. The van der Waals surface area contributed by atoms with E-state index in [-0.39, 0.29) is 0 Å². The molecule has 96 valence electrons. The number of hydrogen-bond donors (Lipinski definition) is 1. The fourth-order valence-electron chi connectivity index (χ4n) is 2.49. The van der Waals surface area contributed by atoms with Gasteiger partial charge < -0.3 is 5.32 Å². The maximum absolute atomic E-state index is 3.46. The zero-order chi connectivity index (χ0) is 13.3. The Kier molecular flexibility index (Phi) is 3.88. The normalized spacial score (nSPS) is 12.7. The Hall–Kier alpha value is -1.12. The summed E-state index contributed by atoms with van der Waals surface area (Å²) >= 11 is 1.88. The lowest BCUT2D eigenvalue weighted by molar-refractivity contribution is 0.686. The van der Waals surface area contributed by atoms with E-state index in [1.165, 1.54) is 32.0 Å². The highest BCUT2D eigenvalue weighted by molar-refractivity contribution is 7.12. The van der Waals surface area contributed by atoms with Gasteiger partial charge in [0.2, 0.25) is 0 Å². The van der Waals surface area contributed by atoms with Crippen molar-refractivity contribution in [3.8, 4) is 0 Å². The van der Waals surface area contributed by atoms with Crippen LogP contribution in [0.2, 0.25) is 0 Å². The summed E-state index contributed by atoms with van der Waals surface area (Å²) in [7, 11) is 2.04. The average Bonchev–Trinajstić information content (AvgIpc) is 2.64. The van der Waals surface area contributed by atoms with Gasteiger partial charge in [-0.2, -0.15) is 0 Å². The maximum atomic E-state index is 3.46. The van der Waals surface area contributed by atoms with Crippen molar-refractivity contribution < 1.29 is 0 Å². The first-order valence-electron chi connectivity index (χ1n) is 6.34. The van der Waals surface area contributed by atoms with Crippen LogP contribution in [-0.2, 0) is 0 Å². The van der Waals surface area contributed by atoms with E-state index in [0.29, 0.717) is 6.04 Å². The molecule has 1 aromatic heterocycles. The topological polar surface area (TPSA) is 12.0 Å². The second-order valence-corrected chi connectivity index (χ2v) is 6.41. The molecule has 1 nitrogen and oxygen atoms in total. The van der Waals surface area contributed by atoms with E-state index in [1.807, 2.05) is 18.4 Å². The van der Waals surface area contributed by atoms with Crippen LogP contribution in [0.3, 0.4) is 0 Å². The quantitative estimate of drug-likeness (QED) is 0.867. The Morgan fingerprint density at radius 1 is 1.00 bits per heavy atom. The fraction of sp³-hybridized carbons (Fsp3) is 0.375. The minimum atomic E-state index is 0.301. The van der Waals surface area contributed by atoms with Gasteiger partial charge in [-0.3, -0.25) is 0 Å². The Morgan fingerprint density at radius 3 is 2.28 bits per heavy atom.